The molecule has 1 heterocycles. The first-order valence-corrected chi connectivity index (χ1v) is 13.7. The molecule has 0 aromatic heterocycles. The van der Waals surface area contributed by atoms with Crippen LogP contribution in [-0.4, -0.2) is 26.4 Å². The van der Waals surface area contributed by atoms with Crippen molar-refractivity contribution in [3.8, 4) is 0 Å². The number of carbonyl (C=O) groups excluding carboxylic acids is 1. The van der Waals surface area contributed by atoms with Gasteiger partial charge in [0.05, 0.1) is 10.9 Å². The number of benzene rings is 2. The van der Waals surface area contributed by atoms with E-state index in [9.17, 15) is 17.6 Å². The van der Waals surface area contributed by atoms with E-state index in [1.807, 2.05) is 13.0 Å². The van der Waals surface area contributed by atoms with E-state index in [2.05, 4.69) is 22.3 Å². The zero-order valence-electron chi connectivity index (χ0n) is 19.8. The Morgan fingerprint density at radius 2 is 1.79 bits per heavy atom. The first-order valence-electron chi connectivity index (χ1n) is 12.2. The summed E-state index contributed by atoms with van der Waals surface area (Å²) in [5.74, 6) is -0.490. The Balaban J connectivity index is 1.30. The number of halogens is 1. The molecule has 2 aliphatic rings. The highest BCUT2D eigenvalue weighted by molar-refractivity contribution is 7.89. The van der Waals surface area contributed by atoms with Crippen LogP contribution in [0.5, 0.6) is 0 Å². The second kappa shape index (κ2) is 10.4. The molecule has 1 fully saturated rings. The number of nitrogens with one attached hydrogen (secondary N) is 3. The van der Waals surface area contributed by atoms with Crippen molar-refractivity contribution < 1.29 is 17.6 Å². The lowest BCUT2D eigenvalue weighted by Crippen LogP contribution is -2.41. The highest BCUT2D eigenvalue weighted by Crippen LogP contribution is 2.30. The summed E-state index contributed by atoms with van der Waals surface area (Å²) in [5.41, 5.74) is 2.92. The average molecular weight is 488 g/mol. The van der Waals surface area contributed by atoms with Crippen molar-refractivity contribution in [3.63, 3.8) is 0 Å². The van der Waals surface area contributed by atoms with E-state index in [0.717, 1.165) is 36.1 Å². The molecule has 1 unspecified atom stereocenters. The zero-order valence-corrected chi connectivity index (χ0v) is 20.6. The third-order valence-corrected chi connectivity index (χ3v) is 8.67. The molecule has 4 rings (SSSR count). The SMILES string of the molecule is CCC1CCc2cc(S(=O)(=O)N[C@H]3CC[C@H](C(=O)N[C@H](C)c4ccc(F)cc4)CC3)ccc2N1. The maximum atomic E-state index is 13.1. The predicted octanol–water partition coefficient (Wildman–Crippen LogP) is 4.68. The van der Waals surface area contributed by atoms with Gasteiger partial charge in [0.15, 0.2) is 0 Å². The van der Waals surface area contributed by atoms with Crippen molar-refractivity contribution >= 4 is 21.6 Å². The third kappa shape index (κ3) is 5.78. The summed E-state index contributed by atoms with van der Waals surface area (Å²) in [5, 5.41) is 6.48. The van der Waals surface area contributed by atoms with E-state index in [4.69, 9.17) is 0 Å². The molecule has 3 N–H and O–H groups in total. The highest BCUT2D eigenvalue weighted by atomic mass is 32.2. The minimum absolute atomic E-state index is 0.0364. The Morgan fingerprint density at radius 1 is 1.09 bits per heavy atom. The second-order valence-electron chi connectivity index (χ2n) is 9.56. The monoisotopic (exact) mass is 487 g/mol. The summed E-state index contributed by atoms with van der Waals surface area (Å²) in [6.07, 6.45) is 5.42. The number of sulfonamides is 1. The molecule has 0 spiro atoms. The normalized spacial score (nSPS) is 23.4. The first kappa shape index (κ1) is 24.7. The Morgan fingerprint density at radius 3 is 2.47 bits per heavy atom. The summed E-state index contributed by atoms with van der Waals surface area (Å²) in [6.45, 7) is 4.03. The quantitative estimate of drug-likeness (QED) is 0.529. The van der Waals surface area contributed by atoms with Gasteiger partial charge in [0, 0.05) is 23.7 Å². The van der Waals surface area contributed by atoms with Crippen LogP contribution in [0.4, 0.5) is 10.1 Å². The largest absolute Gasteiger partial charge is 0.382 e. The Hall–Kier alpha value is -2.45. The molecule has 0 radical (unpaired) electrons. The standard InChI is InChI=1S/C26H34FN3O3S/c1-3-22-11-8-20-16-24(14-15-25(20)29-22)34(32,33)30-23-12-6-19(7-13-23)26(31)28-17(2)18-4-9-21(27)10-5-18/h4-5,9-10,14-17,19,22-23,29-30H,3,6-8,11-13H2,1-2H3,(H,28,31)/t17-,19-,22?,23-/m1/s1. The Labute approximate surface area is 201 Å². The number of hydrogen-bond acceptors (Lipinski definition) is 4. The summed E-state index contributed by atoms with van der Waals surface area (Å²) < 4.78 is 42.0. The van der Waals surface area contributed by atoms with Gasteiger partial charge in [0.25, 0.3) is 0 Å². The van der Waals surface area contributed by atoms with Crippen LogP contribution in [0, 0.1) is 11.7 Å². The Bertz CT molecular complexity index is 1110. The van der Waals surface area contributed by atoms with E-state index in [0.29, 0.717) is 36.6 Å². The summed E-state index contributed by atoms with van der Waals surface area (Å²) in [6, 6.07) is 11.5. The Kier molecular flexibility index (Phi) is 7.57. The lowest BCUT2D eigenvalue weighted by Gasteiger charge is -2.29. The molecule has 0 saturated heterocycles. The number of amides is 1. The van der Waals surface area contributed by atoms with Gasteiger partial charge in [-0.05, 0) is 93.3 Å². The van der Waals surface area contributed by atoms with Crippen molar-refractivity contribution in [2.75, 3.05) is 5.32 Å². The predicted molar refractivity (Wildman–Crippen MR) is 131 cm³/mol. The van der Waals surface area contributed by atoms with Gasteiger partial charge < -0.3 is 10.6 Å². The molecule has 1 saturated carbocycles. The maximum Gasteiger partial charge on any atom is 0.240 e. The van der Waals surface area contributed by atoms with Crippen LogP contribution in [0.15, 0.2) is 47.4 Å². The fourth-order valence-electron chi connectivity index (χ4n) is 4.94. The first-order chi connectivity index (χ1) is 16.2. The number of rotatable bonds is 7. The van der Waals surface area contributed by atoms with Crippen LogP contribution in [0.2, 0.25) is 0 Å². The summed E-state index contributed by atoms with van der Waals surface area (Å²) >= 11 is 0. The molecule has 8 heteroatoms. The fourth-order valence-corrected chi connectivity index (χ4v) is 6.30. The summed E-state index contributed by atoms with van der Waals surface area (Å²) in [4.78, 5) is 13.0. The highest BCUT2D eigenvalue weighted by Gasteiger charge is 2.30. The van der Waals surface area contributed by atoms with Crippen molar-refractivity contribution in [1.29, 1.82) is 0 Å². The molecule has 2 atom stereocenters. The van der Waals surface area contributed by atoms with Crippen LogP contribution in [0.25, 0.3) is 0 Å². The van der Waals surface area contributed by atoms with E-state index < -0.39 is 10.0 Å². The second-order valence-corrected chi connectivity index (χ2v) is 11.3. The average Bonchev–Trinajstić information content (AvgIpc) is 2.83. The van der Waals surface area contributed by atoms with E-state index in [1.165, 1.54) is 12.1 Å². The third-order valence-electron chi connectivity index (χ3n) is 7.15. The van der Waals surface area contributed by atoms with Crippen molar-refractivity contribution in [2.45, 2.75) is 81.8 Å². The van der Waals surface area contributed by atoms with Gasteiger partial charge in [0.1, 0.15) is 5.82 Å². The smallest absolute Gasteiger partial charge is 0.240 e. The van der Waals surface area contributed by atoms with Crippen LogP contribution in [0.1, 0.15) is 69.5 Å². The minimum Gasteiger partial charge on any atom is -0.382 e. The molecule has 1 aliphatic heterocycles. The van der Waals surface area contributed by atoms with Gasteiger partial charge in [-0.3, -0.25) is 4.79 Å². The molecule has 6 nitrogen and oxygen atoms in total. The topological polar surface area (TPSA) is 87.3 Å². The number of carbonyl (C=O) groups is 1. The number of anilines is 1. The van der Waals surface area contributed by atoms with Crippen molar-refractivity contribution in [2.24, 2.45) is 5.92 Å². The number of fused-ring (bicyclic) bond motifs is 1. The van der Waals surface area contributed by atoms with Crippen LogP contribution in [0.3, 0.4) is 0 Å². The molecular formula is C26H34FN3O3S. The lowest BCUT2D eigenvalue weighted by atomic mass is 9.85. The van der Waals surface area contributed by atoms with E-state index in [1.54, 1.807) is 24.3 Å². The molecule has 0 bridgehead atoms. The molecule has 34 heavy (non-hydrogen) atoms. The van der Waals surface area contributed by atoms with Crippen molar-refractivity contribution in [3.05, 3.63) is 59.4 Å². The van der Waals surface area contributed by atoms with Gasteiger partial charge in [-0.25, -0.2) is 17.5 Å². The molecular weight excluding hydrogens is 453 g/mol. The van der Waals surface area contributed by atoms with Gasteiger partial charge >= 0.3 is 0 Å². The van der Waals surface area contributed by atoms with Gasteiger partial charge in [0.2, 0.25) is 15.9 Å². The minimum atomic E-state index is -3.62. The van der Waals surface area contributed by atoms with Gasteiger partial charge in [-0.1, -0.05) is 19.1 Å². The van der Waals surface area contributed by atoms with E-state index in [-0.39, 0.29) is 29.7 Å². The lowest BCUT2D eigenvalue weighted by molar-refractivity contribution is -0.126. The molecule has 2 aromatic carbocycles. The maximum absolute atomic E-state index is 13.1. The molecule has 184 valence electrons. The molecule has 1 aliphatic carbocycles. The van der Waals surface area contributed by atoms with Crippen LogP contribution in [-0.2, 0) is 21.2 Å². The van der Waals surface area contributed by atoms with Crippen molar-refractivity contribution in [1.82, 2.24) is 10.0 Å². The fraction of sp³-hybridized carbons (Fsp3) is 0.500. The molecule has 2 aromatic rings. The van der Waals surface area contributed by atoms with E-state index >= 15 is 0 Å². The zero-order chi connectivity index (χ0) is 24.3. The number of aryl methyl sites for hydroxylation is 1. The van der Waals surface area contributed by atoms with Crippen LogP contribution >= 0.6 is 0 Å². The van der Waals surface area contributed by atoms with Crippen LogP contribution < -0.4 is 15.4 Å². The summed E-state index contributed by atoms with van der Waals surface area (Å²) in [7, 11) is -3.62. The molecule has 1 amide bonds. The van der Waals surface area contributed by atoms with Gasteiger partial charge in [-0.2, -0.15) is 0 Å². The number of hydrogen-bond donors (Lipinski definition) is 3. The van der Waals surface area contributed by atoms with Gasteiger partial charge in [-0.15, -0.1) is 0 Å².